The average Bonchev–Trinajstić information content (AvgIpc) is 2.96. The van der Waals surface area contributed by atoms with Crippen LogP contribution in [0.25, 0.3) is 0 Å². The van der Waals surface area contributed by atoms with Crippen molar-refractivity contribution >= 4 is 0 Å². The molecular weight excluding hydrogens is 494 g/mol. The minimum Gasteiger partial charge on any atom is -0.309 e. The maximum atomic E-state index is 2.41. The van der Waals surface area contributed by atoms with Crippen LogP contribution in [-0.2, 0) is 0 Å². The van der Waals surface area contributed by atoms with Gasteiger partial charge in [0.2, 0.25) is 0 Å². The highest BCUT2D eigenvalue weighted by Gasteiger charge is 2.09. The van der Waals surface area contributed by atoms with Crippen LogP contribution >= 0.6 is 0 Å². The number of unbranched alkanes of at least 4 members (excludes halogenated alkanes) is 18. The van der Waals surface area contributed by atoms with E-state index in [1.807, 2.05) is 0 Å². The lowest BCUT2D eigenvalue weighted by molar-refractivity contribution is 0.286. The third-order valence-electron chi connectivity index (χ3n) is 8.25. The van der Waals surface area contributed by atoms with Crippen molar-refractivity contribution in [2.75, 3.05) is 20.6 Å². The Morgan fingerprint density at radius 2 is 0.707 bits per heavy atom. The van der Waals surface area contributed by atoms with Gasteiger partial charge >= 0.3 is 0 Å². The van der Waals surface area contributed by atoms with Crippen LogP contribution in [0.2, 0.25) is 0 Å². The standard InChI is InChI=1S/C40H75N/c1-5-7-9-11-13-15-17-19-21-23-25-27-29-31-33-35-37-40(39-41(3)4)38-36-34-32-30-28-26-24-22-20-18-16-14-12-10-8-6-2/h13-16,19-22,40H,5-12,17-18,23-39H2,1-4H3/b15-13-,16-14?,21-19-,22-20?. The van der Waals surface area contributed by atoms with E-state index in [0.29, 0.717) is 0 Å². The molecule has 240 valence electrons. The number of allylic oxidation sites excluding steroid dienone is 8. The van der Waals surface area contributed by atoms with Gasteiger partial charge < -0.3 is 4.90 Å². The number of nitrogens with zero attached hydrogens (tertiary/aromatic N) is 1. The molecule has 0 aliphatic rings. The van der Waals surface area contributed by atoms with Crippen molar-refractivity contribution < 1.29 is 0 Å². The molecule has 0 N–H and O–H groups in total. The molecule has 0 bridgehead atoms. The summed E-state index contributed by atoms with van der Waals surface area (Å²) in [5.74, 6) is 0.904. The van der Waals surface area contributed by atoms with E-state index in [1.165, 1.54) is 161 Å². The van der Waals surface area contributed by atoms with Gasteiger partial charge in [-0.3, -0.25) is 0 Å². The molecule has 0 radical (unpaired) electrons. The van der Waals surface area contributed by atoms with E-state index in [9.17, 15) is 0 Å². The van der Waals surface area contributed by atoms with Gasteiger partial charge in [0.05, 0.1) is 0 Å². The van der Waals surface area contributed by atoms with E-state index >= 15 is 0 Å². The van der Waals surface area contributed by atoms with E-state index in [0.717, 1.165) is 18.8 Å². The van der Waals surface area contributed by atoms with Crippen LogP contribution in [0.1, 0.15) is 181 Å². The fourth-order valence-electron chi connectivity index (χ4n) is 5.69. The average molecular weight is 570 g/mol. The van der Waals surface area contributed by atoms with Gasteiger partial charge in [0, 0.05) is 6.54 Å². The molecule has 0 aromatic heterocycles. The summed E-state index contributed by atoms with van der Waals surface area (Å²) in [4.78, 5) is 2.41. The Hall–Kier alpha value is -1.08. The van der Waals surface area contributed by atoms with Crippen LogP contribution < -0.4 is 0 Å². The van der Waals surface area contributed by atoms with Crippen LogP contribution in [0.15, 0.2) is 48.6 Å². The van der Waals surface area contributed by atoms with Crippen molar-refractivity contribution in [2.45, 2.75) is 181 Å². The topological polar surface area (TPSA) is 3.24 Å². The lowest BCUT2D eigenvalue weighted by Gasteiger charge is -2.21. The largest absolute Gasteiger partial charge is 0.309 e. The molecule has 1 atom stereocenters. The van der Waals surface area contributed by atoms with E-state index in [4.69, 9.17) is 0 Å². The highest BCUT2D eigenvalue weighted by atomic mass is 15.1. The molecular formula is C40H75N. The van der Waals surface area contributed by atoms with Crippen molar-refractivity contribution in [1.29, 1.82) is 0 Å². The Kier molecular flexibility index (Phi) is 34.2. The van der Waals surface area contributed by atoms with Crippen LogP contribution in [0.3, 0.4) is 0 Å². The van der Waals surface area contributed by atoms with Crippen molar-refractivity contribution in [3.05, 3.63) is 48.6 Å². The zero-order valence-corrected chi connectivity index (χ0v) is 28.7. The van der Waals surface area contributed by atoms with Gasteiger partial charge in [-0.2, -0.15) is 0 Å². The molecule has 1 nitrogen and oxygen atoms in total. The molecule has 1 unspecified atom stereocenters. The summed E-state index contributed by atoms with van der Waals surface area (Å²) >= 11 is 0. The molecule has 0 aliphatic carbocycles. The molecule has 0 spiro atoms. The smallest absolute Gasteiger partial charge is 0.000356 e. The Morgan fingerprint density at radius 1 is 0.390 bits per heavy atom. The lowest BCUT2D eigenvalue weighted by atomic mass is 9.93. The Morgan fingerprint density at radius 3 is 1.05 bits per heavy atom. The van der Waals surface area contributed by atoms with E-state index in [2.05, 4.69) is 81.5 Å². The summed E-state index contributed by atoms with van der Waals surface area (Å²) in [5.41, 5.74) is 0. The maximum Gasteiger partial charge on any atom is 0.000356 e. The summed E-state index contributed by atoms with van der Waals surface area (Å²) in [7, 11) is 4.51. The summed E-state index contributed by atoms with van der Waals surface area (Å²) < 4.78 is 0. The molecule has 0 saturated heterocycles. The number of hydrogen-bond acceptors (Lipinski definition) is 1. The highest BCUT2D eigenvalue weighted by molar-refractivity contribution is 4.93. The van der Waals surface area contributed by atoms with Crippen molar-refractivity contribution in [3.8, 4) is 0 Å². The zero-order chi connectivity index (χ0) is 29.9. The molecule has 0 fully saturated rings. The van der Waals surface area contributed by atoms with E-state index in [-0.39, 0.29) is 0 Å². The predicted molar refractivity (Wildman–Crippen MR) is 190 cm³/mol. The second-order valence-electron chi connectivity index (χ2n) is 12.9. The summed E-state index contributed by atoms with van der Waals surface area (Å²) in [6, 6.07) is 0. The van der Waals surface area contributed by atoms with Gasteiger partial charge in [-0.25, -0.2) is 0 Å². The first-order chi connectivity index (χ1) is 20.2. The molecule has 0 aromatic carbocycles. The predicted octanol–water partition coefficient (Wildman–Crippen LogP) is 13.6. The van der Waals surface area contributed by atoms with E-state index < -0.39 is 0 Å². The Balaban J connectivity index is 3.62. The first kappa shape index (κ1) is 39.9. The third-order valence-corrected chi connectivity index (χ3v) is 8.25. The van der Waals surface area contributed by atoms with Gasteiger partial charge in [-0.1, -0.05) is 152 Å². The van der Waals surface area contributed by atoms with Gasteiger partial charge in [-0.15, -0.1) is 0 Å². The minimum atomic E-state index is 0.904. The Bertz CT molecular complexity index is 548. The summed E-state index contributed by atoms with van der Waals surface area (Å²) in [5, 5.41) is 0. The second-order valence-corrected chi connectivity index (χ2v) is 12.9. The Labute approximate surface area is 260 Å². The first-order valence-corrected chi connectivity index (χ1v) is 18.4. The van der Waals surface area contributed by atoms with Gasteiger partial charge in [0.1, 0.15) is 0 Å². The molecule has 0 aliphatic heterocycles. The van der Waals surface area contributed by atoms with Gasteiger partial charge in [-0.05, 0) is 97.1 Å². The maximum absolute atomic E-state index is 2.41. The molecule has 0 saturated carbocycles. The zero-order valence-electron chi connectivity index (χ0n) is 28.7. The van der Waals surface area contributed by atoms with Crippen LogP contribution in [0.4, 0.5) is 0 Å². The molecule has 0 rings (SSSR count). The van der Waals surface area contributed by atoms with Crippen molar-refractivity contribution in [1.82, 2.24) is 4.90 Å². The number of rotatable bonds is 32. The first-order valence-electron chi connectivity index (χ1n) is 18.4. The summed E-state index contributed by atoms with van der Waals surface area (Å²) in [6.45, 7) is 5.82. The van der Waals surface area contributed by atoms with Gasteiger partial charge in [0.15, 0.2) is 0 Å². The normalized spacial score (nSPS) is 13.3. The fraction of sp³-hybridized carbons (Fsp3) is 0.800. The quantitative estimate of drug-likeness (QED) is 0.0575. The summed E-state index contributed by atoms with van der Waals surface area (Å²) in [6.07, 6.45) is 54.2. The minimum absolute atomic E-state index is 0.904. The SMILES string of the molecule is CCCCCC=CCC=CCCCCCCCCC(CCCCCCCC/C=C\C/C=C\CCCCC)CN(C)C. The monoisotopic (exact) mass is 570 g/mol. The number of hydrogen-bond donors (Lipinski definition) is 0. The van der Waals surface area contributed by atoms with Crippen molar-refractivity contribution in [2.24, 2.45) is 5.92 Å². The van der Waals surface area contributed by atoms with Crippen LogP contribution in [0.5, 0.6) is 0 Å². The fourth-order valence-corrected chi connectivity index (χ4v) is 5.69. The van der Waals surface area contributed by atoms with Gasteiger partial charge in [0.25, 0.3) is 0 Å². The molecule has 41 heavy (non-hydrogen) atoms. The van der Waals surface area contributed by atoms with Crippen molar-refractivity contribution in [3.63, 3.8) is 0 Å². The van der Waals surface area contributed by atoms with Crippen LogP contribution in [0, 0.1) is 5.92 Å². The molecule has 0 aromatic rings. The third kappa shape index (κ3) is 35.0. The second kappa shape index (κ2) is 35.1. The molecule has 1 heteroatoms. The molecule has 0 amide bonds. The molecule has 0 heterocycles. The van der Waals surface area contributed by atoms with Crippen LogP contribution in [-0.4, -0.2) is 25.5 Å². The van der Waals surface area contributed by atoms with E-state index in [1.54, 1.807) is 0 Å². The highest BCUT2D eigenvalue weighted by Crippen LogP contribution is 2.20. The lowest BCUT2D eigenvalue weighted by Crippen LogP contribution is -2.21.